The predicted octanol–water partition coefficient (Wildman–Crippen LogP) is 1.54. The number of hydrogen-bond acceptors (Lipinski definition) is 4. The van der Waals surface area contributed by atoms with E-state index in [4.69, 9.17) is 4.99 Å². The second kappa shape index (κ2) is 11.2. The Balaban J connectivity index is 1.80. The summed E-state index contributed by atoms with van der Waals surface area (Å²) in [5.41, 5.74) is 0. The third-order valence-electron chi connectivity index (χ3n) is 6.08. The van der Waals surface area contributed by atoms with Crippen LogP contribution >= 0.6 is 0 Å². The molecule has 2 aliphatic rings. The third kappa shape index (κ3) is 7.24. The van der Waals surface area contributed by atoms with Gasteiger partial charge in [-0.3, -0.25) is 9.89 Å². The summed E-state index contributed by atoms with van der Waals surface area (Å²) in [6.45, 7) is 24.9. The molecule has 0 bridgehead atoms. The highest BCUT2D eigenvalue weighted by Crippen LogP contribution is 2.18. The lowest BCUT2D eigenvalue weighted by Crippen LogP contribution is -2.48. The number of guanidine groups is 1. The van der Waals surface area contributed by atoms with E-state index in [0.29, 0.717) is 23.9 Å². The minimum Gasteiger partial charge on any atom is -0.357 e. The van der Waals surface area contributed by atoms with Crippen molar-refractivity contribution < 1.29 is 0 Å². The Morgan fingerprint density at radius 3 is 2.26 bits per heavy atom. The van der Waals surface area contributed by atoms with Crippen molar-refractivity contribution in [2.24, 2.45) is 16.8 Å². The Morgan fingerprint density at radius 2 is 1.70 bits per heavy atom. The van der Waals surface area contributed by atoms with Crippen LogP contribution in [0.2, 0.25) is 0 Å². The van der Waals surface area contributed by atoms with Crippen LogP contribution in [0.5, 0.6) is 0 Å². The zero-order valence-corrected chi connectivity index (χ0v) is 18.7. The molecule has 0 aromatic rings. The quantitative estimate of drug-likeness (QED) is 0.494. The summed E-state index contributed by atoms with van der Waals surface area (Å²) in [7, 11) is 0. The van der Waals surface area contributed by atoms with Crippen molar-refractivity contribution in [3.05, 3.63) is 0 Å². The fourth-order valence-corrected chi connectivity index (χ4v) is 4.14. The van der Waals surface area contributed by atoms with E-state index < -0.39 is 0 Å². The molecule has 158 valence electrons. The maximum atomic E-state index is 4.92. The summed E-state index contributed by atoms with van der Waals surface area (Å²) >= 11 is 0. The van der Waals surface area contributed by atoms with Crippen LogP contribution in [-0.4, -0.2) is 98.2 Å². The van der Waals surface area contributed by atoms with Crippen LogP contribution in [0.1, 0.15) is 41.5 Å². The molecule has 6 nitrogen and oxygen atoms in total. The summed E-state index contributed by atoms with van der Waals surface area (Å²) < 4.78 is 0. The number of aliphatic imine (C=N–C) groups is 1. The average molecular weight is 381 g/mol. The summed E-state index contributed by atoms with van der Waals surface area (Å²) in [6, 6.07) is 1.11. The molecule has 27 heavy (non-hydrogen) atoms. The van der Waals surface area contributed by atoms with Crippen LogP contribution in [0.3, 0.4) is 0 Å². The van der Waals surface area contributed by atoms with Gasteiger partial charge in [-0.15, -0.1) is 0 Å². The standard InChI is InChI=1S/C21H44N6/c1-7-22-21(24-20-16-27(17(3)4)15-19(20)6)23-13-18(5)14-26-11-9-25(8-2)10-12-26/h17-20H,7-16H2,1-6H3,(H2,22,23,24). The Hall–Kier alpha value is -0.850. The van der Waals surface area contributed by atoms with Crippen LogP contribution < -0.4 is 10.6 Å². The molecule has 0 radical (unpaired) electrons. The number of likely N-dealkylation sites (N-methyl/N-ethyl adjacent to an activating group) is 1. The van der Waals surface area contributed by atoms with Gasteiger partial charge >= 0.3 is 0 Å². The first-order chi connectivity index (χ1) is 12.9. The minimum atomic E-state index is 0.489. The van der Waals surface area contributed by atoms with Crippen LogP contribution in [-0.2, 0) is 0 Å². The van der Waals surface area contributed by atoms with Gasteiger partial charge in [-0.2, -0.15) is 0 Å². The zero-order chi connectivity index (χ0) is 19.8. The van der Waals surface area contributed by atoms with Crippen LogP contribution in [0.15, 0.2) is 4.99 Å². The van der Waals surface area contributed by atoms with E-state index in [1.165, 1.54) is 39.3 Å². The molecule has 0 saturated carbocycles. The highest BCUT2D eigenvalue weighted by molar-refractivity contribution is 5.80. The van der Waals surface area contributed by atoms with Crippen molar-refractivity contribution in [1.82, 2.24) is 25.3 Å². The molecular weight excluding hydrogens is 336 g/mol. The lowest BCUT2D eigenvalue weighted by molar-refractivity contribution is 0.125. The molecule has 3 atom stereocenters. The van der Waals surface area contributed by atoms with E-state index in [1.807, 2.05) is 0 Å². The Morgan fingerprint density at radius 1 is 1.04 bits per heavy atom. The molecule has 0 aromatic carbocycles. The topological polar surface area (TPSA) is 46.1 Å². The largest absolute Gasteiger partial charge is 0.357 e. The number of rotatable bonds is 8. The first-order valence-corrected chi connectivity index (χ1v) is 11.2. The maximum absolute atomic E-state index is 4.92. The first kappa shape index (κ1) is 22.4. The lowest BCUT2D eigenvalue weighted by atomic mass is 10.1. The molecule has 6 heteroatoms. The van der Waals surface area contributed by atoms with Gasteiger partial charge in [0, 0.05) is 71.0 Å². The molecule has 0 aromatic heterocycles. The zero-order valence-electron chi connectivity index (χ0n) is 18.7. The molecular formula is C21H44N6. The van der Waals surface area contributed by atoms with E-state index in [9.17, 15) is 0 Å². The minimum absolute atomic E-state index is 0.489. The van der Waals surface area contributed by atoms with Crippen LogP contribution in [0.4, 0.5) is 0 Å². The monoisotopic (exact) mass is 380 g/mol. The normalized spacial score (nSPS) is 27.3. The van der Waals surface area contributed by atoms with Crippen molar-refractivity contribution in [2.45, 2.75) is 53.6 Å². The van der Waals surface area contributed by atoms with Gasteiger partial charge in [-0.1, -0.05) is 20.8 Å². The predicted molar refractivity (Wildman–Crippen MR) is 116 cm³/mol. The molecule has 2 fully saturated rings. The first-order valence-electron chi connectivity index (χ1n) is 11.2. The van der Waals surface area contributed by atoms with Gasteiger partial charge in [0.05, 0.1) is 0 Å². The molecule has 2 N–H and O–H groups in total. The van der Waals surface area contributed by atoms with E-state index in [2.05, 4.69) is 66.9 Å². The average Bonchev–Trinajstić information content (AvgIpc) is 3.01. The SMILES string of the molecule is CCNC(=NCC(C)CN1CCN(CC)CC1)NC1CN(C(C)C)CC1C. The molecule has 3 unspecified atom stereocenters. The molecule has 0 amide bonds. The Bertz CT molecular complexity index is 444. The van der Waals surface area contributed by atoms with Gasteiger partial charge in [0.25, 0.3) is 0 Å². The number of piperazine rings is 1. The fourth-order valence-electron chi connectivity index (χ4n) is 4.14. The Labute approximate surface area is 167 Å². The van der Waals surface area contributed by atoms with Crippen molar-refractivity contribution >= 4 is 5.96 Å². The summed E-state index contributed by atoms with van der Waals surface area (Å²) in [6.07, 6.45) is 0. The summed E-state index contributed by atoms with van der Waals surface area (Å²) in [5.74, 6) is 2.23. The van der Waals surface area contributed by atoms with E-state index in [0.717, 1.165) is 32.1 Å². The van der Waals surface area contributed by atoms with E-state index in [1.54, 1.807) is 0 Å². The molecule has 2 heterocycles. The van der Waals surface area contributed by atoms with Crippen molar-refractivity contribution in [3.8, 4) is 0 Å². The Kier molecular flexibility index (Phi) is 9.33. The van der Waals surface area contributed by atoms with Gasteiger partial charge in [0.1, 0.15) is 0 Å². The van der Waals surface area contributed by atoms with Gasteiger partial charge in [0.2, 0.25) is 0 Å². The van der Waals surface area contributed by atoms with E-state index in [-0.39, 0.29) is 0 Å². The molecule has 2 rings (SSSR count). The lowest BCUT2D eigenvalue weighted by Gasteiger charge is -2.35. The van der Waals surface area contributed by atoms with Gasteiger partial charge in [-0.05, 0) is 39.2 Å². The highest BCUT2D eigenvalue weighted by Gasteiger charge is 2.31. The summed E-state index contributed by atoms with van der Waals surface area (Å²) in [4.78, 5) is 12.6. The molecule has 0 spiro atoms. The molecule has 2 aliphatic heterocycles. The van der Waals surface area contributed by atoms with Crippen molar-refractivity contribution in [3.63, 3.8) is 0 Å². The van der Waals surface area contributed by atoms with Crippen molar-refractivity contribution in [1.29, 1.82) is 0 Å². The highest BCUT2D eigenvalue weighted by atomic mass is 15.3. The second-order valence-corrected chi connectivity index (χ2v) is 8.84. The maximum Gasteiger partial charge on any atom is 0.191 e. The van der Waals surface area contributed by atoms with E-state index >= 15 is 0 Å². The number of nitrogens with one attached hydrogen (secondary N) is 2. The molecule has 0 aliphatic carbocycles. The fraction of sp³-hybridized carbons (Fsp3) is 0.952. The summed E-state index contributed by atoms with van der Waals surface area (Å²) in [5, 5.41) is 7.15. The third-order valence-corrected chi connectivity index (χ3v) is 6.08. The number of hydrogen-bond donors (Lipinski definition) is 2. The van der Waals surface area contributed by atoms with Gasteiger partial charge in [0.15, 0.2) is 5.96 Å². The van der Waals surface area contributed by atoms with Gasteiger partial charge < -0.3 is 20.4 Å². The van der Waals surface area contributed by atoms with Crippen LogP contribution in [0.25, 0.3) is 0 Å². The number of nitrogens with zero attached hydrogens (tertiary/aromatic N) is 4. The van der Waals surface area contributed by atoms with Gasteiger partial charge in [-0.25, -0.2) is 0 Å². The van der Waals surface area contributed by atoms with Crippen molar-refractivity contribution in [2.75, 3.05) is 65.4 Å². The number of likely N-dealkylation sites (tertiary alicyclic amines) is 1. The molecule has 2 saturated heterocycles. The smallest absolute Gasteiger partial charge is 0.191 e. The second-order valence-electron chi connectivity index (χ2n) is 8.84. The van der Waals surface area contributed by atoms with Crippen LogP contribution in [0, 0.1) is 11.8 Å².